The molecule has 1 aromatic carbocycles. The van der Waals surface area contributed by atoms with Crippen molar-refractivity contribution in [1.82, 2.24) is 10.6 Å². The maximum atomic E-state index is 11.6. The van der Waals surface area contributed by atoms with Crippen molar-refractivity contribution in [2.75, 3.05) is 20.8 Å². The van der Waals surface area contributed by atoms with Crippen molar-refractivity contribution < 1.29 is 19.1 Å². The van der Waals surface area contributed by atoms with Gasteiger partial charge in [0.15, 0.2) is 0 Å². The van der Waals surface area contributed by atoms with Crippen LogP contribution in [0.3, 0.4) is 0 Å². The molecule has 0 aliphatic rings. The van der Waals surface area contributed by atoms with Crippen LogP contribution < -0.4 is 15.4 Å². The summed E-state index contributed by atoms with van der Waals surface area (Å²) in [6.07, 6.45) is 0. The highest BCUT2D eigenvalue weighted by Gasteiger charge is 2.21. The lowest BCUT2D eigenvalue weighted by atomic mass is 10.1. The minimum Gasteiger partial charge on any atom is -0.496 e. The number of hydrogen-bond acceptors (Lipinski definition) is 5. The van der Waals surface area contributed by atoms with Crippen molar-refractivity contribution in [3.05, 3.63) is 29.8 Å². The van der Waals surface area contributed by atoms with Gasteiger partial charge < -0.3 is 20.1 Å². The number of methoxy groups -OCH3 is 2. The van der Waals surface area contributed by atoms with Gasteiger partial charge in [0.1, 0.15) is 11.8 Å². The second-order valence-electron chi connectivity index (χ2n) is 4.65. The van der Waals surface area contributed by atoms with Gasteiger partial charge in [0.05, 0.1) is 14.2 Å². The van der Waals surface area contributed by atoms with Crippen molar-refractivity contribution in [3.63, 3.8) is 0 Å². The summed E-state index contributed by atoms with van der Waals surface area (Å²) in [5, 5.41) is 5.76. The van der Waals surface area contributed by atoms with Crippen molar-refractivity contribution in [2.45, 2.75) is 25.9 Å². The normalized spacial score (nSPS) is 13.1. The Bertz CT molecular complexity index is 490. The number of benzene rings is 1. The molecule has 0 saturated carbocycles. The molecule has 0 aromatic heterocycles. The topological polar surface area (TPSA) is 76.7 Å². The fraction of sp³-hybridized carbons (Fsp3) is 0.467. The molecular weight excluding hydrogens is 272 g/mol. The van der Waals surface area contributed by atoms with Gasteiger partial charge in [-0.1, -0.05) is 18.2 Å². The molecule has 116 valence electrons. The highest BCUT2D eigenvalue weighted by Crippen LogP contribution is 2.24. The Morgan fingerprint density at radius 3 is 2.48 bits per heavy atom. The van der Waals surface area contributed by atoms with E-state index in [1.165, 1.54) is 14.0 Å². The summed E-state index contributed by atoms with van der Waals surface area (Å²) in [5.74, 6) is 0.00807. The van der Waals surface area contributed by atoms with Crippen LogP contribution >= 0.6 is 0 Å². The largest absolute Gasteiger partial charge is 0.496 e. The third-order valence-electron chi connectivity index (χ3n) is 3.10. The maximum Gasteiger partial charge on any atom is 0.329 e. The van der Waals surface area contributed by atoms with Crippen LogP contribution in [0.2, 0.25) is 0 Å². The van der Waals surface area contributed by atoms with Gasteiger partial charge in [-0.15, -0.1) is 0 Å². The van der Waals surface area contributed by atoms with E-state index in [1.807, 2.05) is 31.2 Å². The molecule has 0 aliphatic heterocycles. The lowest BCUT2D eigenvalue weighted by Gasteiger charge is -2.21. The summed E-state index contributed by atoms with van der Waals surface area (Å²) in [5.41, 5.74) is 0.978. The standard InChI is InChI=1S/C15H22N2O4/c1-10(12-7-5-6-8-14(12)20-3)16-9-13(15(19)21-4)17-11(2)18/h5-8,10,13,16H,9H2,1-4H3,(H,17,18)/t10-,13?/m1/s1. The summed E-state index contributed by atoms with van der Waals surface area (Å²) in [7, 11) is 2.90. The van der Waals surface area contributed by atoms with E-state index in [2.05, 4.69) is 15.4 Å². The molecule has 0 fully saturated rings. The zero-order valence-corrected chi connectivity index (χ0v) is 12.8. The van der Waals surface area contributed by atoms with Crippen molar-refractivity contribution >= 4 is 11.9 Å². The van der Waals surface area contributed by atoms with Crippen LogP contribution in [0.1, 0.15) is 25.5 Å². The first-order chi connectivity index (χ1) is 9.99. The van der Waals surface area contributed by atoms with Gasteiger partial charge in [-0.2, -0.15) is 0 Å². The predicted molar refractivity (Wildman–Crippen MR) is 79.0 cm³/mol. The fourth-order valence-corrected chi connectivity index (χ4v) is 2.01. The van der Waals surface area contributed by atoms with Crippen LogP contribution in [0.15, 0.2) is 24.3 Å². The van der Waals surface area contributed by atoms with Crippen LogP contribution in [-0.4, -0.2) is 38.7 Å². The summed E-state index contributed by atoms with van der Waals surface area (Å²) in [4.78, 5) is 22.7. The average Bonchev–Trinajstić information content (AvgIpc) is 2.49. The molecule has 0 spiro atoms. The molecular formula is C15H22N2O4. The molecule has 2 atom stereocenters. The Kier molecular flexibility index (Phi) is 6.68. The van der Waals surface area contributed by atoms with Crippen LogP contribution in [0, 0.1) is 0 Å². The van der Waals surface area contributed by atoms with Gasteiger partial charge in [0.2, 0.25) is 5.91 Å². The van der Waals surface area contributed by atoms with Gasteiger partial charge in [0.25, 0.3) is 0 Å². The van der Waals surface area contributed by atoms with Gasteiger partial charge in [-0.3, -0.25) is 4.79 Å². The molecule has 2 N–H and O–H groups in total. The van der Waals surface area contributed by atoms with Crippen molar-refractivity contribution in [1.29, 1.82) is 0 Å². The van der Waals surface area contributed by atoms with E-state index in [4.69, 9.17) is 4.74 Å². The Balaban J connectivity index is 2.70. The highest BCUT2D eigenvalue weighted by molar-refractivity contribution is 5.83. The van der Waals surface area contributed by atoms with Crippen LogP contribution in [-0.2, 0) is 14.3 Å². The molecule has 0 bridgehead atoms. The highest BCUT2D eigenvalue weighted by atomic mass is 16.5. The molecule has 0 aliphatic carbocycles. The number of rotatable bonds is 7. The minimum atomic E-state index is -0.718. The van der Waals surface area contributed by atoms with Crippen molar-refractivity contribution in [3.8, 4) is 5.75 Å². The van der Waals surface area contributed by atoms with E-state index in [-0.39, 0.29) is 18.5 Å². The summed E-state index contributed by atoms with van der Waals surface area (Å²) in [6, 6.07) is 6.87. The summed E-state index contributed by atoms with van der Waals surface area (Å²) < 4.78 is 9.98. The van der Waals surface area contributed by atoms with Gasteiger partial charge in [-0.25, -0.2) is 4.79 Å². The fourth-order valence-electron chi connectivity index (χ4n) is 2.01. The molecule has 6 heteroatoms. The molecule has 0 saturated heterocycles. The number of esters is 1. The molecule has 1 amide bonds. The Morgan fingerprint density at radius 2 is 1.90 bits per heavy atom. The van der Waals surface area contributed by atoms with Gasteiger partial charge >= 0.3 is 5.97 Å². The van der Waals surface area contributed by atoms with Crippen molar-refractivity contribution in [2.24, 2.45) is 0 Å². The second-order valence-corrected chi connectivity index (χ2v) is 4.65. The number of carbonyl (C=O) groups is 2. The third-order valence-corrected chi connectivity index (χ3v) is 3.10. The number of para-hydroxylation sites is 1. The maximum absolute atomic E-state index is 11.6. The first-order valence-corrected chi connectivity index (χ1v) is 6.70. The van der Waals surface area contributed by atoms with Gasteiger partial charge in [0, 0.05) is 25.1 Å². The van der Waals surface area contributed by atoms with Gasteiger partial charge in [-0.05, 0) is 13.0 Å². The second kappa shape index (κ2) is 8.26. The Labute approximate surface area is 124 Å². The SMILES string of the molecule is COC(=O)C(CN[C@H](C)c1ccccc1OC)NC(C)=O. The zero-order chi connectivity index (χ0) is 15.8. The number of nitrogens with one attached hydrogen (secondary N) is 2. The quantitative estimate of drug-likeness (QED) is 0.734. The monoisotopic (exact) mass is 294 g/mol. The van der Waals surface area contributed by atoms with E-state index in [0.717, 1.165) is 11.3 Å². The molecule has 0 heterocycles. The number of ether oxygens (including phenoxy) is 2. The first-order valence-electron chi connectivity index (χ1n) is 6.70. The Hall–Kier alpha value is -2.08. The lowest BCUT2D eigenvalue weighted by Crippen LogP contribution is -2.47. The molecule has 1 unspecified atom stereocenters. The van der Waals surface area contributed by atoms with Crippen LogP contribution in [0.25, 0.3) is 0 Å². The van der Waals surface area contributed by atoms with E-state index >= 15 is 0 Å². The predicted octanol–water partition coefficient (Wildman–Crippen LogP) is 1.02. The van der Waals surface area contributed by atoms with E-state index in [9.17, 15) is 9.59 Å². The number of amides is 1. The minimum absolute atomic E-state index is 0.0398. The average molecular weight is 294 g/mol. The lowest BCUT2D eigenvalue weighted by molar-refractivity contribution is -0.144. The third kappa shape index (κ3) is 5.07. The number of carbonyl (C=O) groups excluding carboxylic acids is 2. The molecule has 1 rings (SSSR count). The Morgan fingerprint density at radius 1 is 1.24 bits per heavy atom. The summed E-state index contributed by atoms with van der Waals surface area (Å²) in [6.45, 7) is 3.59. The number of hydrogen-bond donors (Lipinski definition) is 2. The smallest absolute Gasteiger partial charge is 0.329 e. The van der Waals surface area contributed by atoms with Crippen LogP contribution in [0.4, 0.5) is 0 Å². The van der Waals surface area contributed by atoms with E-state index in [1.54, 1.807) is 7.11 Å². The molecule has 0 radical (unpaired) electrons. The molecule has 6 nitrogen and oxygen atoms in total. The zero-order valence-electron chi connectivity index (χ0n) is 12.8. The van der Waals surface area contributed by atoms with E-state index < -0.39 is 12.0 Å². The van der Waals surface area contributed by atoms with E-state index in [0.29, 0.717) is 0 Å². The summed E-state index contributed by atoms with van der Waals surface area (Å²) >= 11 is 0. The molecule has 21 heavy (non-hydrogen) atoms. The van der Waals surface area contributed by atoms with Crippen LogP contribution in [0.5, 0.6) is 5.75 Å². The first kappa shape index (κ1) is 17.0. The molecule has 1 aromatic rings.